The Labute approximate surface area is 110 Å². The Balaban J connectivity index is 1.97. The molecule has 0 aromatic heterocycles. The van der Waals surface area contributed by atoms with Crippen LogP contribution in [0.15, 0.2) is 24.3 Å². The van der Waals surface area contributed by atoms with Crippen molar-refractivity contribution < 1.29 is 9.53 Å². The number of esters is 1. The van der Waals surface area contributed by atoms with Gasteiger partial charge in [-0.25, -0.2) is 0 Å². The highest BCUT2D eigenvalue weighted by atomic mass is 16.5. The molecule has 0 unspecified atom stereocenters. The smallest absolute Gasteiger partial charge is 0.308 e. The number of ether oxygens (including phenoxy) is 1. The van der Waals surface area contributed by atoms with Crippen molar-refractivity contribution in [3.05, 3.63) is 24.3 Å². The molecule has 0 amide bonds. The Hall–Kier alpha value is -1.05. The fraction of sp³-hybridized carbons (Fsp3) is 0.688. The normalized spacial score (nSPS) is 36.2. The number of carbonyl (C=O) groups is 1. The van der Waals surface area contributed by atoms with Crippen molar-refractivity contribution in [2.45, 2.75) is 45.4 Å². The third kappa shape index (κ3) is 3.47. The molecule has 0 aromatic rings. The summed E-state index contributed by atoms with van der Waals surface area (Å²) in [5.41, 5.74) is 1.42. The van der Waals surface area contributed by atoms with E-state index in [9.17, 15) is 4.79 Å². The summed E-state index contributed by atoms with van der Waals surface area (Å²) in [7, 11) is 0. The maximum atomic E-state index is 11.7. The summed E-state index contributed by atoms with van der Waals surface area (Å²) in [6.07, 6.45) is 10.8. The predicted molar refractivity (Wildman–Crippen MR) is 73.1 cm³/mol. The van der Waals surface area contributed by atoms with Crippen molar-refractivity contribution in [3.8, 4) is 0 Å². The van der Waals surface area contributed by atoms with Gasteiger partial charge in [0.05, 0.1) is 12.5 Å². The first-order chi connectivity index (χ1) is 8.66. The molecule has 2 nitrogen and oxygen atoms in total. The van der Waals surface area contributed by atoms with E-state index in [1.807, 2.05) is 6.92 Å². The number of fused-ring (bicyclic) bond motifs is 2. The van der Waals surface area contributed by atoms with E-state index in [1.165, 1.54) is 24.8 Å². The van der Waals surface area contributed by atoms with Gasteiger partial charge in [-0.15, -0.1) is 0 Å². The Morgan fingerprint density at radius 3 is 2.94 bits per heavy atom. The third-order valence-electron chi connectivity index (χ3n) is 4.23. The van der Waals surface area contributed by atoms with Gasteiger partial charge in [0.2, 0.25) is 0 Å². The number of carbonyl (C=O) groups excluding carboxylic acids is 1. The molecule has 2 bridgehead atoms. The number of hydrogen-bond acceptors (Lipinski definition) is 2. The molecule has 1 fully saturated rings. The van der Waals surface area contributed by atoms with E-state index in [-0.39, 0.29) is 11.9 Å². The first-order valence-electron chi connectivity index (χ1n) is 7.16. The van der Waals surface area contributed by atoms with Gasteiger partial charge in [-0.2, -0.15) is 0 Å². The van der Waals surface area contributed by atoms with Crippen LogP contribution >= 0.6 is 0 Å². The molecule has 0 N–H and O–H groups in total. The molecule has 3 atom stereocenters. The van der Waals surface area contributed by atoms with E-state index in [2.05, 4.69) is 18.7 Å². The molecular weight excluding hydrogens is 224 g/mol. The molecule has 0 saturated heterocycles. The van der Waals surface area contributed by atoms with Crippen LogP contribution in [0.5, 0.6) is 0 Å². The van der Waals surface area contributed by atoms with E-state index in [4.69, 9.17) is 4.74 Å². The number of hydrogen-bond donors (Lipinski definition) is 0. The van der Waals surface area contributed by atoms with Crippen LogP contribution in [-0.2, 0) is 9.53 Å². The summed E-state index contributed by atoms with van der Waals surface area (Å²) in [5, 5.41) is 0. The Bertz CT molecular complexity index is 343. The summed E-state index contributed by atoms with van der Waals surface area (Å²) in [5.74, 6) is 1.36. The highest BCUT2D eigenvalue weighted by molar-refractivity contribution is 5.72. The van der Waals surface area contributed by atoms with Crippen molar-refractivity contribution in [2.24, 2.45) is 17.8 Å². The second-order valence-corrected chi connectivity index (χ2v) is 5.81. The first-order valence-corrected chi connectivity index (χ1v) is 7.16. The summed E-state index contributed by atoms with van der Waals surface area (Å²) >= 11 is 0. The van der Waals surface area contributed by atoms with Gasteiger partial charge < -0.3 is 4.74 Å². The molecule has 2 aliphatic rings. The SMILES string of the molecule is C=C1C[C@@H]2CCCOC(=O)[C@@H](C)C/C=C\C[C@@H]1C2. The van der Waals surface area contributed by atoms with Crippen molar-refractivity contribution in [1.82, 2.24) is 0 Å². The highest BCUT2D eigenvalue weighted by Crippen LogP contribution is 2.39. The molecule has 0 spiro atoms. The van der Waals surface area contributed by atoms with Crippen molar-refractivity contribution in [1.29, 1.82) is 0 Å². The van der Waals surface area contributed by atoms with E-state index in [1.54, 1.807) is 0 Å². The molecule has 1 saturated carbocycles. The molecule has 2 rings (SSSR count). The van der Waals surface area contributed by atoms with Gasteiger partial charge in [-0.3, -0.25) is 4.79 Å². The lowest BCUT2D eigenvalue weighted by molar-refractivity contribution is -0.148. The van der Waals surface area contributed by atoms with E-state index < -0.39 is 0 Å². The van der Waals surface area contributed by atoms with Crippen LogP contribution in [0.2, 0.25) is 0 Å². The fourth-order valence-corrected chi connectivity index (χ4v) is 3.02. The first kappa shape index (κ1) is 13.4. The highest BCUT2D eigenvalue weighted by Gasteiger charge is 2.27. The predicted octanol–water partition coefficient (Wildman–Crippen LogP) is 3.88. The Morgan fingerprint density at radius 1 is 1.33 bits per heavy atom. The molecule has 1 heterocycles. The quantitative estimate of drug-likeness (QED) is 0.480. The summed E-state index contributed by atoms with van der Waals surface area (Å²) in [6, 6.07) is 0. The van der Waals surface area contributed by atoms with E-state index in [0.717, 1.165) is 25.2 Å². The topological polar surface area (TPSA) is 26.3 Å². The number of allylic oxidation sites excluding steroid dienone is 3. The van der Waals surface area contributed by atoms with Gasteiger partial charge in [-0.1, -0.05) is 31.2 Å². The summed E-state index contributed by atoms with van der Waals surface area (Å²) in [4.78, 5) is 11.7. The van der Waals surface area contributed by atoms with Crippen LogP contribution in [-0.4, -0.2) is 12.6 Å². The van der Waals surface area contributed by atoms with Gasteiger partial charge in [-0.05, 0) is 50.4 Å². The molecule has 1 aliphatic heterocycles. The van der Waals surface area contributed by atoms with E-state index in [0.29, 0.717) is 12.5 Å². The summed E-state index contributed by atoms with van der Waals surface area (Å²) in [6.45, 7) is 6.74. The molecule has 1 aliphatic carbocycles. The second kappa shape index (κ2) is 6.21. The molecule has 100 valence electrons. The van der Waals surface area contributed by atoms with Crippen LogP contribution in [0.4, 0.5) is 0 Å². The van der Waals surface area contributed by atoms with Gasteiger partial charge >= 0.3 is 5.97 Å². The maximum absolute atomic E-state index is 11.7. The average molecular weight is 248 g/mol. The molecule has 0 radical (unpaired) electrons. The molecule has 18 heavy (non-hydrogen) atoms. The van der Waals surface area contributed by atoms with Gasteiger partial charge in [0.25, 0.3) is 0 Å². The molecular formula is C16H24O2. The van der Waals surface area contributed by atoms with Crippen LogP contribution in [0.1, 0.15) is 45.4 Å². The molecule has 0 aromatic carbocycles. The van der Waals surface area contributed by atoms with Gasteiger partial charge in [0, 0.05) is 0 Å². The maximum Gasteiger partial charge on any atom is 0.308 e. The number of cyclic esters (lactones) is 1. The van der Waals surface area contributed by atoms with E-state index >= 15 is 0 Å². The lowest BCUT2D eigenvalue weighted by Gasteiger charge is -2.11. The number of rotatable bonds is 0. The van der Waals surface area contributed by atoms with Crippen LogP contribution in [0, 0.1) is 17.8 Å². The fourth-order valence-electron chi connectivity index (χ4n) is 3.02. The lowest BCUT2D eigenvalue weighted by Crippen LogP contribution is -2.15. The zero-order valence-electron chi connectivity index (χ0n) is 11.4. The van der Waals surface area contributed by atoms with Crippen molar-refractivity contribution >= 4 is 5.97 Å². The van der Waals surface area contributed by atoms with Crippen LogP contribution in [0.3, 0.4) is 0 Å². The van der Waals surface area contributed by atoms with Crippen molar-refractivity contribution in [3.63, 3.8) is 0 Å². The van der Waals surface area contributed by atoms with Crippen LogP contribution < -0.4 is 0 Å². The van der Waals surface area contributed by atoms with Crippen LogP contribution in [0.25, 0.3) is 0 Å². The zero-order chi connectivity index (χ0) is 13.0. The minimum Gasteiger partial charge on any atom is -0.465 e. The Kier molecular flexibility index (Phi) is 4.62. The van der Waals surface area contributed by atoms with Gasteiger partial charge in [0.15, 0.2) is 0 Å². The lowest BCUT2D eigenvalue weighted by atomic mass is 9.97. The second-order valence-electron chi connectivity index (χ2n) is 5.81. The molecule has 2 heteroatoms. The third-order valence-corrected chi connectivity index (χ3v) is 4.23. The zero-order valence-corrected chi connectivity index (χ0v) is 11.4. The van der Waals surface area contributed by atoms with Gasteiger partial charge in [0.1, 0.15) is 0 Å². The van der Waals surface area contributed by atoms with Crippen molar-refractivity contribution in [2.75, 3.05) is 6.61 Å². The summed E-state index contributed by atoms with van der Waals surface area (Å²) < 4.78 is 5.31. The Morgan fingerprint density at radius 2 is 2.11 bits per heavy atom. The minimum atomic E-state index is -0.0477. The average Bonchev–Trinajstić information content (AvgIpc) is 2.70. The standard InChI is InChI=1S/C16H24O2/c1-12-6-3-4-8-15-11-14(10-13(15)2)7-5-9-18-16(12)17/h3-4,12,14-15H,2,5-11H2,1H3/b4-3-/t12-,14-,15+/m0/s1. The largest absolute Gasteiger partial charge is 0.465 e. The minimum absolute atomic E-state index is 0.0117. The monoisotopic (exact) mass is 248 g/mol.